The SMILES string of the molecule is CC(C)(N)Cn1c(-c2ccccc2Cl)nc2ccccc21. The number of para-hydroxylation sites is 2. The van der Waals surface area contributed by atoms with E-state index >= 15 is 0 Å². The predicted octanol–water partition coefficient (Wildman–Crippen LogP) is 4.09. The quantitative estimate of drug-likeness (QED) is 0.791. The molecule has 2 aromatic carbocycles. The molecular weight excluding hydrogens is 282 g/mol. The Labute approximate surface area is 129 Å². The highest BCUT2D eigenvalue weighted by Gasteiger charge is 2.19. The van der Waals surface area contributed by atoms with Gasteiger partial charge in [-0.1, -0.05) is 35.9 Å². The van der Waals surface area contributed by atoms with Gasteiger partial charge in [-0.2, -0.15) is 0 Å². The molecule has 0 spiro atoms. The highest BCUT2D eigenvalue weighted by molar-refractivity contribution is 6.33. The van der Waals surface area contributed by atoms with Gasteiger partial charge >= 0.3 is 0 Å². The first-order valence-electron chi connectivity index (χ1n) is 6.95. The predicted molar refractivity (Wildman–Crippen MR) is 88.4 cm³/mol. The Morgan fingerprint density at radius 1 is 1.10 bits per heavy atom. The molecule has 0 bridgehead atoms. The van der Waals surface area contributed by atoms with Crippen LogP contribution in [-0.2, 0) is 6.54 Å². The highest BCUT2D eigenvalue weighted by atomic mass is 35.5. The molecule has 0 radical (unpaired) electrons. The number of rotatable bonds is 3. The first-order chi connectivity index (χ1) is 9.96. The van der Waals surface area contributed by atoms with Crippen molar-refractivity contribution in [2.24, 2.45) is 5.73 Å². The van der Waals surface area contributed by atoms with Crippen molar-refractivity contribution in [1.82, 2.24) is 9.55 Å². The van der Waals surface area contributed by atoms with Gasteiger partial charge in [0, 0.05) is 17.6 Å². The van der Waals surface area contributed by atoms with Gasteiger partial charge in [-0.05, 0) is 38.1 Å². The lowest BCUT2D eigenvalue weighted by molar-refractivity contribution is 0.442. The molecule has 0 aliphatic rings. The van der Waals surface area contributed by atoms with Crippen LogP contribution >= 0.6 is 11.6 Å². The third-order valence-electron chi connectivity index (χ3n) is 3.33. The van der Waals surface area contributed by atoms with E-state index < -0.39 is 0 Å². The maximum Gasteiger partial charge on any atom is 0.142 e. The fourth-order valence-corrected chi connectivity index (χ4v) is 2.71. The van der Waals surface area contributed by atoms with Crippen molar-refractivity contribution >= 4 is 22.6 Å². The lowest BCUT2D eigenvalue weighted by Crippen LogP contribution is -2.37. The Morgan fingerprint density at radius 3 is 2.48 bits per heavy atom. The largest absolute Gasteiger partial charge is 0.324 e. The summed E-state index contributed by atoms with van der Waals surface area (Å²) >= 11 is 6.34. The van der Waals surface area contributed by atoms with Crippen LogP contribution < -0.4 is 5.73 Å². The van der Waals surface area contributed by atoms with Crippen molar-refractivity contribution in [3.05, 3.63) is 53.6 Å². The summed E-state index contributed by atoms with van der Waals surface area (Å²) in [5.41, 5.74) is 8.85. The smallest absolute Gasteiger partial charge is 0.142 e. The zero-order chi connectivity index (χ0) is 15.0. The van der Waals surface area contributed by atoms with Crippen LogP contribution in [0.5, 0.6) is 0 Å². The van der Waals surface area contributed by atoms with Crippen LogP contribution in [0.15, 0.2) is 48.5 Å². The van der Waals surface area contributed by atoms with Gasteiger partial charge in [0.25, 0.3) is 0 Å². The number of hydrogen-bond acceptors (Lipinski definition) is 2. The first kappa shape index (κ1) is 14.1. The molecule has 3 rings (SSSR count). The van der Waals surface area contributed by atoms with E-state index in [4.69, 9.17) is 22.3 Å². The van der Waals surface area contributed by atoms with Crippen LogP contribution in [0.3, 0.4) is 0 Å². The van der Waals surface area contributed by atoms with Gasteiger partial charge in [-0.25, -0.2) is 4.98 Å². The summed E-state index contributed by atoms with van der Waals surface area (Å²) in [4.78, 5) is 4.75. The van der Waals surface area contributed by atoms with Gasteiger partial charge < -0.3 is 10.3 Å². The maximum atomic E-state index is 6.34. The minimum absolute atomic E-state index is 0.334. The minimum Gasteiger partial charge on any atom is -0.324 e. The molecule has 4 heteroatoms. The number of nitrogens with two attached hydrogens (primary N) is 1. The topological polar surface area (TPSA) is 43.8 Å². The normalized spacial score (nSPS) is 12.0. The van der Waals surface area contributed by atoms with E-state index in [0.717, 1.165) is 22.4 Å². The van der Waals surface area contributed by atoms with Crippen LogP contribution in [0.1, 0.15) is 13.8 Å². The Hall–Kier alpha value is -1.84. The first-order valence-corrected chi connectivity index (χ1v) is 7.32. The Kier molecular flexibility index (Phi) is 3.47. The maximum absolute atomic E-state index is 6.34. The lowest BCUT2D eigenvalue weighted by Gasteiger charge is -2.21. The summed E-state index contributed by atoms with van der Waals surface area (Å²) in [6, 6.07) is 15.8. The molecular formula is C17H18ClN3. The van der Waals surface area contributed by atoms with E-state index in [1.165, 1.54) is 0 Å². The Balaban J connectivity index is 2.27. The summed E-state index contributed by atoms with van der Waals surface area (Å²) in [6.07, 6.45) is 0. The van der Waals surface area contributed by atoms with E-state index in [1.54, 1.807) is 0 Å². The summed E-state index contributed by atoms with van der Waals surface area (Å²) in [5, 5.41) is 0.698. The van der Waals surface area contributed by atoms with E-state index in [2.05, 4.69) is 10.6 Å². The Bertz CT molecular complexity index is 784. The van der Waals surface area contributed by atoms with Crippen molar-refractivity contribution in [2.45, 2.75) is 25.9 Å². The van der Waals surface area contributed by atoms with E-state index in [1.807, 2.05) is 56.3 Å². The molecule has 3 nitrogen and oxygen atoms in total. The monoisotopic (exact) mass is 299 g/mol. The minimum atomic E-state index is -0.334. The molecule has 0 unspecified atom stereocenters. The second-order valence-corrected chi connectivity index (χ2v) is 6.39. The average Bonchev–Trinajstić information content (AvgIpc) is 2.76. The second-order valence-electron chi connectivity index (χ2n) is 5.98. The fraction of sp³-hybridized carbons (Fsp3) is 0.235. The number of benzene rings is 2. The zero-order valence-corrected chi connectivity index (χ0v) is 12.9. The number of halogens is 1. The average molecular weight is 300 g/mol. The fourth-order valence-electron chi connectivity index (χ4n) is 2.49. The molecule has 2 N–H and O–H groups in total. The van der Waals surface area contributed by atoms with E-state index in [9.17, 15) is 0 Å². The van der Waals surface area contributed by atoms with Crippen LogP contribution in [0.4, 0.5) is 0 Å². The van der Waals surface area contributed by atoms with Crippen LogP contribution in [-0.4, -0.2) is 15.1 Å². The summed E-state index contributed by atoms with van der Waals surface area (Å²) in [7, 11) is 0. The van der Waals surface area contributed by atoms with Crippen LogP contribution in [0.2, 0.25) is 5.02 Å². The summed E-state index contributed by atoms with van der Waals surface area (Å²) in [5.74, 6) is 0.861. The molecule has 0 amide bonds. The van der Waals surface area contributed by atoms with Crippen LogP contribution in [0.25, 0.3) is 22.4 Å². The number of fused-ring (bicyclic) bond motifs is 1. The van der Waals surface area contributed by atoms with Gasteiger partial charge in [0.2, 0.25) is 0 Å². The Morgan fingerprint density at radius 2 is 1.76 bits per heavy atom. The molecule has 1 heterocycles. The van der Waals surface area contributed by atoms with Gasteiger partial charge in [0.05, 0.1) is 16.1 Å². The van der Waals surface area contributed by atoms with Gasteiger partial charge in [0.1, 0.15) is 5.82 Å². The number of hydrogen-bond donors (Lipinski definition) is 1. The molecule has 0 saturated heterocycles. The molecule has 3 aromatic rings. The molecule has 108 valence electrons. The van der Waals surface area contributed by atoms with Crippen LogP contribution in [0, 0.1) is 0 Å². The van der Waals surface area contributed by atoms with Gasteiger partial charge in [-0.15, -0.1) is 0 Å². The van der Waals surface area contributed by atoms with Crippen molar-refractivity contribution in [2.75, 3.05) is 0 Å². The molecule has 0 fully saturated rings. The highest BCUT2D eigenvalue weighted by Crippen LogP contribution is 2.30. The van der Waals surface area contributed by atoms with Crippen molar-refractivity contribution < 1.29 is 0 Å². The molecule has 21 heavy (non-hydrogen) atoms. The number of nitrogens with zero attached hydrogens (tertiary/aromatic N) is 2. The molecule has 0 saturated carbocycles. The standard InChI is InChI=1S/C17H18ClN3/c1-17(2,19)11-21-15-10-6-5-9-14(15)20-16(21)12-7-3-4-8-13(12)18/h3-10H,11,19H2,1-2H3. The van der Waals surface area contributed by atoms with Crippen molar-refractivity contribution in [3.63, 3.8) is 0 Å². The molecule has 0 atom stereocenters. The summed E-state index contributed by atoms with van der Waals surface area (Å²) in [6.45, 7) is 4.70. The zero-order valence-electron chi connectivity index (χ0n) is 12.2. The molecule has 1 aromatic heterocycles. The second kappa shape index (κ2) is 5.17. The van der Waals surface area contributed by atoms with Crippen molar-refractivity contribution in [1.29, 1.82) is 0 Å². The molecule has 0 aliphatic heterocycles. The lowest BCUT2D eigenvalue weighted by atomic mass is 10.1. The van der Waals surface area contributed by atoms with E-state index in [-0.39, 0.29) is 5.54 Å². The van der Waals surface area contributed by atoms with Crippen molar-refractivity contribution in [3.8, 4) is 11.4 Å². The van der Waals surface area contributed by atoms with Gasteiger partial charge in [0.15, 0.2) is 0 Å². The third kappa shape index (κ3) is 2.80. The van der Waals surface area contributed by atoms with Gasteiger partial charge in [-0.3, -0.25) is 0 Å². The number of aromatic nitrogens is 2. The number of imidazole rings is 1. The third-order valence-corrected chi connectivity index (χ3v) is 3.66. The summed E-state index contributed by atoms with van der Waals surface area (Å²) < 4.78 is 2.15. The van der Waals surface area contributed by atoms with E-state index in [0.29, 0.717) is 11.6 Å². The molecule has 0 aliphatic carbocycles.